The monoisotopic (exact) mass is 589 g/mol. The van der Waals surface area contributed by atoms with E-state index in [1.54, 1.807) is 0 Å². The van der Waals surface area contributed by atoms with Gasteiger partial charge in [0.2, 0.25) is 0 Å². The van der Waals surface area contributed by atoms with Crippen molar-refractivity contribution in [3.63, 3.8) is 0 Å². The molecule has 1 nitrogen and oxygen atoms in total. The molecule has 0 amide bonds. The molecule has 2 aliphatic heterocycles. The van der Waals surface area contributed by atoms with Crippen molar-refractivity contribution in [2.45, 2.75) is 100 Å². The summed E-state index contributed by atoms with van der Waals surface area (Å²) < 4.78 is 2.58. The molecule has 226 valence electrons. The smallest absolute Gasteiger partial charge is 0.0572 e. The van der Waals surface area contributed by atoms with E-state index in [2.05, 4.69) is 153 Å². The summed E-state index contributed by atoms with van der Waals surface area (Å²) in [6.45, 7) is 26.8. The van der Waals surface area contributed by atoms with Crippen LogP contribution < -0.4 is 0 Å². The number of hydrogen-bond donors (Lipinski definition) is 0. The molecule has 3 heterocycles. The molecule has 0 saturated heterocycles. The predicted octanol–water partition coefficient (Wildman–Crippen LogP) is 12.7. The van der Waals surface area contributed by atoms with Gasteiger partial charge in [0.1, 0.15) is 0 Å². The van der Waals surface area contributed by atoms with Crippen molar-refractivity contribution < 1.29 is 0 Å². The lowest BCUT2D eigenvalue weighted by atomic mass is 9.67. The number of fused-ring (bicyclic) bond motifs is 1. The van der Waals surface area contributed by atoms with Gasteiger partial charge in [0, 0.05) is 26.3 Å². The lowest BCUT2D eigenvalue weighted by Gasteiger charge is -2.43. The van der Waals surface area contributed by atoms with Crippen molar-refractivity contribution in [1.29, 1.82) is 0 Å². The molecule has 2 aliphatic rings. The van der Waals surface area contributed by atoms with E-state index in [1.165, 1.54) is 71.1 Å². The van der Waals surface area contributed by atoms with E-state index < -0.39 is 0 Å². The molecule has 0 N–H and O–H groups in total. The number of thioether (sulfide) groups is 1. The third-order valence-corrected chi connectivity index (χ3v) is 10.4. The molecule has 2 bridgehead atoms. The standard InChI is InChI=1S/C39H45NS.C2H6/c1-11-17-29(34(13-3)41-35(18-12-2)25(4)5)28-23-27-19-14-15-20-30-26(6)40-36(27)33(24-28)39(9,10)32-22-16-21-31(37(32)40)38(30,7)8;1-2/h12-24H,11H2,1-10H3;1-2H3/b18-12-,19-14?,20-15?,29-17-,34-13+;. The van der Waals surface area contributed by atoms with E-state index in [1.807, 2.05) is 25.6 Å². The van der Waals surface area contributed by atoms with Gasteiger partial charge in [-0.15, -0.1) is 0 Å². The summed E-state index contributed by atoms with van der Waals surface area (Å²) in [6.07, 6.45) is 10.0. The van der Waals surface area contributed by atoms with Crippen LogP contribution in [0.4, 0.5) is 0 Å². The normalized spacial score (nSPS) is 15.7. The molecule has 0 radical (unpaired) electrons. The summed E-state index contributed by atoms with van der Waals surface area (Å²) >= 11 is 1.88. The quantitative estimate of drug-likeness (QED) is 0.259. The molecule has 0 spiro atoms. The second-order valence-corrected chi connectivity index (χ2v) is 13.7. The number of aromatic nitrogens is 1. The number of para-hydroxylation sites is 1. The van der Waals surface area contributed by atoms with Crippen molar-refractivity contribution >= 4 is 28.2 Å². The molecule has 0 aliphatic carbocycles. The highest BCUT2D eigenvalue weighted by atomic mass is 32.2. The lowest BCUT2D eigenvalue weighted by molar-refractivity contribution is 0.574. The fraction of sp³-hybridized carbons (Fsp3) is 0.366. The van der Waals surface area contributed by atoms with Crippen LogP contribution in [0.15, 0.2) is 94.3 Å². The second-order valence-electron chi connectivity index (χ2n) is 12.6. The summed E-state index contributed by atoms with van der Waals surface area (Å²) in [7, 11) is 0. The van der Waals surface area contributed by atoms with Crippen LogP contribution in [-0.4, -0.2) is 4.57 Å². The maximum absolute atomic E-state index is 2.58. The summed E-state index contributed by atoms with van der Waals surface area (Å²) in [4.78, 5) is 2.61. The number of rotatable bonds is 6. The topological polar surface area (TPSA) is 4.93 Å². The Morgan fingerprint density at radius 1 is 0.837 bits per heavy atom. The number of allylic oxidation sites excluding steroid dienone is 6. The third kappa shape index (κ3) is 5.48. The first kappa shape index (κ1) is 32.7. The van der Waals surface area contributed by atoms with Crippen molar-refractivity contribution in [3.8, 4) is 5.69 Å². The van der Waals surface area contributed by atoms with Gasteiger partial charge in [0.25, 0.3) is 0 Å². The molecule has 3 aromatic rings. The first-order chi connectivity index (χ1) is 20.5. The molecule has 5 rings (SSSR count). The Balaban J connectivity index is 0.00000207. The molecular weight excluding hydrogens is 539 g/mol. The maximum atomic E-state index is 2.58. The maximum Gasteiger partial charge on any atom is 0.0572 e. The average Bonchev–Trinajstić information content (AvgIpc) is 3.04. The van der Waals surface area contributed by atoms with E-state index >= 15 is 0 Å². The molecule has 2 aromatic carbocycles. The predicted molar refractivity (Wildman–Crippen MR) is 194 cm³/mol. The van der Waals surface area contributed by atoms with Gasteiger partial charge < -0.3 is 4.57 Å². The highest BCUT2D eigenvalue weighted by Crippen LogP contribution is 2.52. The number of benzene rings is 2. The van der Waals surface area contributed by atoms with E-state index in [4.69, 9.17) is 0 Å². The second kappa shape index (κ2) is 12.8. The van der Waals surface area contributed by atoms with Crippen LogP contribution in [-0.2, 0) is 10.8 Å². The van der Waals surface area contributed by atoms with Crippen LogP contribution in [0.25, 0.3) is 22.2 Å². The molecule has 0 fully saturated rings. The van der Waals surface area contributed by atoms with E-state index in [0.29, 0.717) is 0 Å². The fourth-order valence-corrected chi connectivity index (χ4v) is 7.89. The minimum absolute atomic E-state index is 0.0705. The molecule has 0 unspecified atom stereocenters. The first-order valence-corrected chi connectivity index (χ1v) is 16.8. The minimum Gasteiger partial charge on any atom is -0.313 e. The van der Waals surface area contributed by atoms with Gasteiger partial charge in [-0.3, -0.25) is 0 Å². The van der Waals surface area contributed by atoms with Gasteiger partial charge in [0.05, 0.1) is 11.2 Å². The van der Waals surface area contributed by atoms with Crippen LogP contribution in [0.1, 0.15) is 116 Å². The first-order valence-electron chi connectivity index (χ1n) is 16.0. The molecule has 0 atom stereocenters. The van der Waals surface area contributed by atoms with Crippen molar-refractivity contribution in [2.75, 3.05) is 0 Å². The van der Waals surface area contributed by atoms with Gasteiger partial charge >= 0.3 is 0 Å². The molecule has 0 saturated carbocycles. The largest absolute Gasteiger partial charge is 0.313 e. The zero-order chi connectivity index (χ0) is 31.7. The number of nitrogens with zero attached hydrogens (tertiary/aromatic N) is 1. The van der Waals surface area contributed by atoms with Crippen molar-refractivity contribution in [1.82, 2.24) is 4.57 Å². The van der Waals surface area contributed by atoms with Crippen LogP contribution in [0, 0.1) is 6.92 Å². The fourth-order valence-electron chi connectivity index (χ4n) is 6.82. The van der Waals surface area contributed by atoms with Crippen LogP contribution in [0.5, 0.6) is 0 Å². The summed E-state index contributed by atoms with van der Waals surface area (Å²) in [5, 5.41) is 1.27. The van der Waals surface area contributed by atoms with Gasteiger partial charge in [-0.05, 0) is 91.9 Å². The van der Waals surface area contributed by atoms with Crippen molar-refractivity contribution in [3.05, 3.63) is 128 Å². The molecule has 1 aromatic heterocycles. The van der Waals surface area contributed by atoms with E-state index in [9.17, 15) is 0 Å². The van der Waals surface area contributed by atoms with Crippen LogP contribution in [0.3, 0.4) is 0 Å². The molecule has 2 heteroatoms. The Bertz CT molecular complexity index is 1730. The van der Waals surface area contributed by atoms with Gasteiger partial charge in [-0.1, -0.05) is 133 Å². The summed E-state index contributed by atoms with van der Waals surface area (Å²) in [5.74, 6) is 0. The number of hydrogen-bond acceptors (Lipinski definition) is 1. The highest BCUT2D eigenvalue weighted by Gasteiger charge is 2.41. The summed E-state index contributed by atoms with van der Waals surface area (Å²) in [6, 6.07) is 21.0. The zero-order valence-electron chi connectivity index (χ0n) is 28.6. The van der Waals surface area contributed by atoms with Gasteiger partial charge in [-0.2, -0.15) is 0 Å². The van der Waals surface area contributed by atoms with E-state index in [-0.39, 0.29) is 10.8 Å². The zero-order valence-corrected chi connectivity index (χ0v) is 29.4. The molecule has 43 heavy (non-hydrogen) atoms. The van der Waals surface area contributed by atoms with Crippen LogP contribution >= 0.6 is 11.8 Å². The molecular formula is C41H51NS. The van der Waals surface area contributed by atoms with Crippen LogP contribution in [0.2, 0.25) is 0 Å². The minimum atomic E-state index is -0.151. The Hall–Kier alpha value is -3.23. The third-order valence-electron chi connectivity index (χ3n) is 8.97. The Kier molecular flexibility index (Phi) is 9.72. The average molecular weight is 590 g/mol. The van der Waals surface area contributed by atoms with E-state index in [0.717, 1.165) is 6.42 Å². The van der Waals surface area contributed by atoms with Crippen molar-refractivity contribution in [2.24, 2.45) is 0 Å². The summed E-state index contributed by atoms with van der Waals surface area (Å²) in [5.41, 5.74) is 13.3. The Morgan fingerprint density at radius 3 is 2.02 bits per heavy atom. The highest BCUT2D eigenvalue weighted by molar-refractivity contribution is 8.07. The SMILES string of the molecule is C/C=C\C(SC(=C/C)/C(=C\CC)c1cc2c3c(ccccc4c(C)n3-c3c(cccc3C2(C)C)C4(C)C)c1)=C(C)C.CC. The Morgan fingerprint density at radius 2 is 1.44 bits per heavy atom. The lowest BCUT2D eigenvalue weighted by Crippen LogP contribution is -2.35. The van der Waals surface area contributed by atoms with Gasteiger partial charge in [0.15, 0.2) is 0 Å². The Labute approximate surface area is 265 Å². The van der Waals surface area contributed by atoms with Gasteiger partial charge in [-0.25, -0.2) is 0 Å².